The number of nitrogens with zero attached hydrogens (tertiary/aromatic N) is 1. The SMILES string of the molecule is CCN(C)c1ccccc1NC(=O)N[C@@H]1[C@H]2CCO[C@H]2C1(C)C. The van der Waals surface area contributed by atoms with Crippen LogP contribution in [0.3, 0.4) is 0 Å². The summed E-state index contributed by atoms with van der Waals surface area (Å²) in [5.41, 5.74) is 1.86. The highest BCUT2D eigenvalue weighted by Crippen LogP contribution is 2.52. The fourth-order valence-corrected chi connectivity index (χ4v) is 4.00. The van der Waals surface area contributed by atoms with Crippen molar-refractivity contribution in [2.45, 2.75) is 39.3 Å². The second kappa shape index (κ2) is 6.04. The lowest BCUT2D eigenvalue weighted by molar-refractivity contribution is -0.107. The van der Waals surface area contributed by atoms with Gasteiger partial charge in [-0.25, -0.2) is 4.79 Å². The minimum atomic E-state index is -0.134. The molecule has 1 saturated carbocycles. The number of rotatable bonds is 4. The van der Waals surface area contributed by atoms with Crippen molar-refractivity contribution in [2.75, 3.05) is 30.4 Å². The number of fused-ring (bicyclic) bond motifs is 1. The number of hydrogen-bond donors (Lipinski definition) is 2. The number of carbonyl (C=O) groups excluding carboxylic acids is 1. The van der Waals surface area contributed by atoms with E-state index in [0.29, 0.717) is 5.92 Å². The Morgan fingerprint density at radius 3 is 2.87 bits per heavy atom. The summed E-state index contributed by atoms with van der Waals surface area (Å²) in [5, 5.41) is 6.17. The lowest BCUT2D eigenvalue weighted by Gasteiger charge is -2.54. The van der Waals surface area contributed by atoms with Gasteiger partial charge in [-0.05, 0) is 25.5 Å². The molecule has 0 bridgehead atoms. The first-order valence-corrected chi connectivity index (χ1v) is 8.44. The zero-order valence-electron chi connectivity index (χ0n) is 14.4. The minimum Gasteiger partial charge on any atom is -0.377 e. The van der Waals surface area contributed by atoms with E-state index in [-0.39, 0.29) is 23.6 Å². The summed E-state index contributed by atoms with van der Waals surface area (Å²) in [6.07, 6.45) is 1.32. The standard InChI is InChI=1S/C18H27N3O2/c1-5-21(4)14-9-7-6-8-13(14)19-17(22)20-15-12-10-11-23-16(12)18(15,2)3/h6-9,12,15-16H,5,10-11H2,1-4H3,(H2,19,20,22)/t12-,15-,16-/m1/s1. The molecule has 5 nitrogen and oxygen atoms in total. The second-order valence-electron chi connectivity index (χ2n) is 7.17. The molecule has 2 amide bonds. The third kappa shape index (κ3) is 2.78. The number of anilines is 2. The number of nitrogens with one attached hydrogen (secondary N) is 2. The van der Waals surface area contributed by atoms with Crippen molar-refractivity contribution in [3.05, 3.63) is 24.3 Å². The van der Waals surface area contributed by atoms with Crippen LogP contribution >= 0.6 is 0 Å². The molecule has 1 saturated heterocycles. The van der Waals surface area contributed by atoms with E-state index in [2.05, 4.69) is 36.3 Å². The Labute approximate surface area is 138 Å². The molecule has 3 atom stereocenters. The molecule has 3 rings (SSSR count). The molecule has 23 heavy (non-hydrogen) atoms. The zero-order valence-corrected chi connectivity index (χ0v) is 14.4. The smallest absolute Gasteiger partial charge is 0.319 e. The molecule has 0 radical (unpaired) electrons. The average Bonchev–Trinajstić information content (AvgIpc) is 2.99. The molecule has 126 valence electrons. The van der Waals surface area contributed by atoms with Crippen molar-refractivity contribution in [3.63, 3.8) is 0 Å². The number of amides is 2. The van der Waals surface area contributed by atoms with Crippen molar-refractivity contribution >= 4 is 17.4 Å². The number of benzene rings is 1. The predicted octanol–water partition coefficient (Wildman–Crippen LogP) is 3.08. The van der Waals surface area contributed by atoms with Crippen molar-refractivity contribution in [1.29, 1.82) is 0 Å². The maximum Gasteiger partial charge on any atom is 0.319 e. The number of hydrogen-bond acceptors (Lipinski definition) is 3. The van der Waals surface area contributed by atoms with E-state index >= 15 is 0 Å². The normalized spacial score (nSPS) is 27.7. The highest BCUT2D eigenvalue weighted by molar-refractivity contribution is 5.93. The fraction of sp³-hybridized carbons (Fsp3) is 0.611. The van der Waals surface area contributed by atoms with E-state index in [0.717, 1.165) is 30.9 Å². The van der Waals surface area contributed by atoms with Gasteiger partial charge < -0.3 is 20.3 Å². The summed E-state index contributed by atoms with van der Waals surface area (Å²) < 4.78 is 5.78. The first-order chi connectivity index (χ1) is 10.9. The second-order valence-corrected chi connectivity index (χ2v) is 7.17. The van der Waals surface area contributed by atoms with Crippen LogP contribution in [0.5, 0.6) is 0 Å². The van der Waals surface area contributed by atoms with Gasteiger partial charge in [0.15, 0.2) is 0 Å². The molecule has 1 aromatic carbocycles. The molecular weight excluding hydrogens is 290 g/mol. The summed E-state index contributed by atoms with van der Waals surface area (Å²) in [5.74, 6) is 0.448. The van der Waals surface area contributed by atoms with Gasteiger partial charge in [0.25, 0.3) is 0 Å². The third-order valence-electron chi connectivity index (χ3n) is 5.42. The Hall–Kier alpha value is -1.75. The number of urea groups is 1. The Morgan fingerprint density at radius 1 is 1.39 bits per heavy atom. The van der Waals surface area contributed by atoms with Gasteiger partial charge in [-0.3, -0.25) is 0 Å². The highest BCUT2D eigenvalue weighted by atomic mass is 16.5. The molecule has 5 heteroatoms. The Morgan fingerprint density at radius 2 is 2.13 bits per heavy atom. The molecule has 1 heterocycles. The van der Waals surface area contributed by atoms with E-state index < -0.39 is 0 Å². The van der Waals surface area contributed by atoms with Crippen LogP contribution in [-0.2, 0) is 4.74 Å². The first-order valence-electron chi connectivity index (χ1n) is 8.44. The molecule has 1 aliphatic heterocycles. The molecule has 0 aromatic heterocycles. The summed E-state index contributed by atoms with van der Waals surface area (Å²) in [7, 11) is 2.02. The van der Waals surface area contributed by atoms with Gasteiger partial charge >= 0.3 is 6.03 Å². The molecule has 2 aliphatic rings. The number of ether oxygens (including phenoxy) is 1. The van der Waals surface area contributed by atoms with Gasteiger partial charge in [-0.2, -0.15) is 0 Å². The van der Waals surface area contributed by atoms with Crippen LogP contribution in [0.2, 0.25) is 0 Å². The largest absolute Gasteiger partial charge is 0.377 e. The molecule has 1 aliphatic carbocycles. The van der Waals surface area contributed by atoms with Crippen LogP contribution in [0.25, 0.3) is 0 Å². The fourth-order valence-electron chi connectivity index (χ4n) is 4.00. The van der Waals surface area contributed by atoms with Gasteiger partial charge in [-0.15, -0.1) is 0 Å². The van der Waals surface area contributed by atoms with Crippen LogP contribution in [0.15, 0.2) is 24.3 Å². The van der Waals surface area contributed by atoms with E-state index in [1.165, 1.54) is 0 Å². The summed E-state index contributed by atoms with van der Waals surface area (Å²) >= 11 is 0. The molecule has 0 unspecified atom stereocenters. The van der Waals surface area contributed by atoms with E-state index in [1.54, 1.807) is 0 Å². The Kier molecular flexibility index (Phi) is 4.23. The van der Waals surface area contributed by atoms with Crippen LogP contribution in [0.1, 0.15) is 27.2 Å². The molecule has 2 fully saturated rings. The lowest BCUT2D eigenvalue weighted by atomic mass is 9.57. The monoisotopic (exact) mass is 317 g/mol. The maximum absolute atomic E-state index is 12.5. The highest BCUT2D eigenvalue weighted by Gasteiger charge is 2.59. The first kappa shape index (κ1) is 16.1. The van der Waals surface area contributed by atoms with Crippen molar-refractivity contribution in [1.82, 2.24) is 5.32 Å². The van der Waals surface area contributed by atoms with Crippen LogP contribution < -0.4 is 15.5 Å². The summed E-state index contributed by atoms with van der Waals surface area (Å²) in [6, 6.07) is 7.93. The summed E-state index contributed by atoms with van der Waals surface area (Å²) in [4.78, 5) is 14.6. The lowest BCUT2D eigenvalue weighted by Crippen LogP contribution is -2.67. The van der Waals surface area contributed by atoms with Crippen molar-refractivity contribution in [3.8, 4) is 0 Å². The van der Waals surface area contributed by atoms with Gasteiger partial charge in [0.2, 0.25) is 0 Å². The number of para-hydroxylation sites is 2. The topological polar surface area (TPSA) is 53.6 Å². The van der Waals surface area contributed by atoms with Crippen LogP contribution in [0.4, 0.5) is 16.2 Å². The molecule has 0 spiro atoms. The quantitative estimate of drug-likeness (QED) is 0.897. The predicted molar refractivity (Wildman–Crippen MR) is 93.0 cm³/mol. The Balaban J connectivity index is 1.67. The maximum atomic E-state index is 12.5. The van der Waals surface area contributed by atoms with E-state index in [9.17, 15) is 4.79 Å². The van der Waals surface area contributed by atoms with Gasteiger partial charge in [-0.1, -0.05) is 26.0 Å². The Bertz CT molecular complexity index is 587. The van der Waals surface area contributed by atoms with Crippen molar-refractivity contribution < 1.29 is 9.53 Å². The van der Waals surface area contributed by atoms with E-state index in [4.69, 9.17) is 4.74 Å². The zero-order chi connectivity index (χ0) is 16.6. The van der Waals surface area contributed by atoms with Crippen LogP contribution in [0, 0.1) is 11.3 Å². The van der Waals surface area contributed by atoms with E-state index in [1.807, 2.05) is 31.3 Å². The molecular formula is C18H27N3O2. The molecule has 1 aromatic rings. The van der Waals surface area contributed by atoms with Gasteiger partial charge in [0.1, 0.15) is 0 Å². The van der Waals surface area contributed by atoms with Gasteiger partial charge in [0, 0.05) is 37.6 Å². The minimum absolute atomic E-state index is 0.00175. The molecule has 2 N–H and O–H groups in total. The number of carbonyl (C=O) groups is 1. The van der Waals surface area contributed by atoms with Crippen molar-refractivity contribution in [2.24, 2.45) is 11.3 Å². The van der Waals surface area contributed by atoms with Crippen LogP contribution in [-0.4, -0.2) is 38.4 Å². The van der Waals surface area contributed by atoms with Gasteiger partial charge in [0.05, 0.1) is 17.5 Å². The third-order valence-corrected chi connectivity index (χ3v) is 5.42. The summed E-state index contributed by atoms with van der Waals surface area (Å²) in [6.45, 7) is 8.13. The average molecular weight is 317 g/mol.